The van der Waals surface area contributed by atoms with Gasteiger partial charge in [-0.3, -0.25) is 4.79 Å². The molecule has 3 heteroatoms. The Morgan fingerprint density at radius 1 is 1.43 bits per heavy atom. The quantitative estimate of drug-likeness (QED) is 0.598. The van der Waals surface area contributed by atoms with E-state index < -0.39 is 11.9 Å². The summed E-state index contributed by atoms with van der Waals surface area (Å²) in [6.07, 6.45) is 1.72. The molecule has 1 heterocycles. The van der Waals surface area contributed by atoms with Crippen LogP contribution in [0.2, 0.25) is 0 Å². The molecule has 0 bridgehead atoms. The van der Waals surface area contributed by atoms with Crippen molar-refractivity contribution in [3.8, 4) is 0 Å². The molecule has 3 unspecified atom stereocenters. The van der Waals surface area contributed by atoms with Crippen molar-refractivity contribution in [2.24, 2.45) is 5.41 Å². The summed E-state index contributed by atoms with van der Waals surface area (Å²) in [6, 6.07) is 0. The van der Waals surface area contributed by atoms with Crippen molar-refractivity contribution in [2.45, 2.75) is 45.2 Å². The fourth-order valence-corrected chi connectivity index (χ4v) is 2.24. The van der Waals surface area contributed by atoms with E-state index in [4.69, 9.17) is 9.47 Å². The molecule has 78 valence electrons. The molecule has 0 amide bonds. The molecular weight excluding hydrogens is 180 g/mol. The molecule has 0 N–H and O–H groups in total. The van der Waals surface area contributed by atoms with Crippen LogP contribution in [0.25, 0.3) is 0 Å². The first-order valence-electron chi connectivity index (χ1n) is 4.90. The molecule has 0 spiro atoms. The van der Waals surface area contributed by atoms with Crippen LogP contribution in [0.1, 0.15) is 27.2 Å². The molecule has 0 aromatic rings. The summed E-state index contributed by atoms with van der Waals surface area (Å²) in [5.41, 5.74) is -0.268. The zero-order valence-electron chi connectivity index (χ0n) is 8.87. The van der Waals surface area contributed by atoms with E-state index in [1.54, 1.807) is 6.08 Å². The Kier molecular flexibility index (Phi) is 1.88. The molecule has 0 aromatic carbocycles. The number of ketones is 1. The van der Waals surface area contributed by atoms with Crippen LogP contribution in [0.15, 0.2) is 12.7 Å². The molecule has 2 fully saturated rings. The average Bonchev–Trinajstić information content (AvgIpc) is 2.50. The molecule has 0 aromatic heterocycles. The molecule has 1 saturated carbocycles. The summed E-state index contributed by atoms with van der Waals surface area (Å²) in [7, 11) is 0. The minimum absolute atomic E-state index is 0.128. The van der Waals surface area contributed by atoms with Crippen LogP contribution in [0.4, 0.5) is 0 Å². The number of hydrogen-bond acceptors (Lipinski definition) is 3. The largest absolute Gasteiger partial charge is 0.343 e. The summed E-state index contributed by atoms with van der Waals surface area (Å²) in [5, 5.41) is 0. The van der Waals surface area contributed by atoms with E-state index in [1.165, 1.54) is 0 Å². The minimum Gasteiger partial charge on any atom is -0.343 e. The van der Waals surface area contributed by atoms with E-state index in [2.05, 4.69) is 6.58 Å². The van der Waals surface area contributed by atoms with Gasteiger partial charge in [-0.25, -0.2) is 0 Å². The second-order valence-corrected chi connectivity index (χ2v) is 4.83. The summed E-state index contributed by atoms with van der Waals surface area (Å²) in [5.74, 6) is -0.515. The van der Waals surface area contributed by atoms with Gasteiger partial charge in [0.05, 0.1) is 0 Å². The Morgan fingerprint density at radius 3 is 2.64 bits per heavy atom. The smallest absolute Gasteiger partial charge is 0.165 e. The van der Waals surface area contributed by atoms with E-state index in [0.717, 1.165) is 0 Å². The number of carbonyl (C=O) groups is 1. The lowest BCUT2D eigenvalue weighted by Gasteiger charge is -2.27. The molecule has 14 heavy (non-hydrogen) atoms. The van der Waals surface area contributed by atoms with Gasteiger partial charge in [0, 0.05) is 11.8 Å². The van der Waals surface area contributed by atoms with Crippen molar-refractivity contribution < 1.29 is 14.3 Å². The first-order valence-corrected chi connectivity index (χ1v) is 4.90. The number of ether oxygens (including phenoxy) is 2. The summed E-state index contributed by atoms with van der Waals surface area (Å²) >= 11 is 0. The van der Waals surface area contributed by atoms with E-state index in [1.807, 2.05) is 20.8 Å². The second kappa shape index (κ2) is 2.67. The maximum absolute atomic E-state index is 11.7. The molecule has 0 radical (unpaired) electrons. The predicted octanol–water partition coefficient (Wildman–Crippen LogP) is 1.67. The molecule has 1 saturated heterocycles. The highest BCUT2D eigenvalue weighted by Crippen LogP contribution is 2.47. The fourth-order valence-electron chi connectivity index (χ4n) is 2.24. The Hall–Kier alpha value is -0.670. The Balaban J connectivity index is 2.32. The number of hydrogen-bond donors (Lipinski definition) is 0. The Morgan fingerprint density at radius 2 is 2.07 bits per heavy atom. The van der Waals surface area contributed by atoms with Crippen molar-refractivity contribution in [3.05, 3.63) is 12.7 Å². The third-order valence-electron chi connectivity index (χ3n) is 3.09. The van der Waals surface area contributed by atoms with Crippen LogP contribution in [0.5, 0.6) is 0 Å². The molecule has 2 aliphatic rings. The Labute approximate surface area is 84.1 Å². The monoisotopic (exact) mass is 196 g/mol. The van der Waals surface area contributed by atoms with E-state index >= 15 is 0 Å². The van der Waals surface area contributed by atoms with Crippen molar-refractivity contribution in [1.82, 2.24) is 0 Å². The van der Waals surface area contributed by atoms with Crippen LogP contribution in [-0.2, 0) is 14.3 Å². The predicted molar refractivity (Wildman–Crippen MR) is 51.8 cm³/mol. The number of Topliss-reactive ketones (excluding diaryl/α,β-unsaturated/α-hetero) is 1. The highest BCUT2D eigenvalue weighted by molar-refractivity contribution is 5.88. The van der Waals surface area contributed by atoms with Gasteiger partial charge in [0.25, 0.3) is 0 Å². The average molecular weight is 196 g/mol. The highest BCUT2D eigenvalue weighted by atomic mass is 16.8. The van der Waals surface area contributed by atoms with Crippen molar-refractivity contribution in [1.29, 1.82) is 0 Å². The number of rotatable bonds is 1. The molecular formula is C11H16O3. The topological polar surface area (TPSA) is 35.5 Å². The van der Waals surface area contributed by atoms with Crippen molar-refractivity contribution in [2.75, 3.05) is 0 Å². The van der Waals surface area contributed by atoms with Crippen LogP contribution in [-0.4, -0.2) is 23.8 Å². The van der Waals surface area contributed by atoms with E-state index in [9.17, 15) is 4.79 Å². The summed E-state index contributed by atoms with van der Waals surface area (Å²) in [6.45, 7) is 9.43. The maximum Gasteiger partial charge on any atom is 0.165 e. The van der Waals surface area contributed by atoms with Gasteiger partial charge in [0.15, 0.2) is 11.6 Å². The number of fused-ring (bicyclic) bond motifs is 1. The summed E-state index contributed by atoms with van der Waals surface area (Å²) < 4.78 is 11.3. The van der Waals surface area contributed by atoms with E-state index in [0.29, 0.717) is 6.42 Å². The molecule has 3 atom stereocenters. The third kappa shape index (κ3) is 1.23. The van der Waals surface area contributed by atoms with E-state index in [-0.39, 0.29) is 17.3 Å². The van der Waals surface area contributed by atoms with Gasteiger partial charge in [-0.05, 0) is 13.8 Å². The van der Waals surface area contributed by atoms with Gasteiger partial charge in [-0.2, -0.15) is 0 Å². The van der Waals surface area contributed by atoms with Gasteiger partial charge in [0.1, 0.15) is 12.2 Å². The van der Waals surface area contributed by atoms with Gasteiger partial charge in [0.2, 0.25) is 0 Å². The van der Waals surface area contributed by atoms with Gasteiger partial charge < -0.3 is 9.47 Å². The lowest BCUT2D eigenvalue weighted by Crippen LogP contribution is -2.31. The standard InChI is InChI=1S/C11H16O3/c1-5-11(4)6-7(12)8-9(11)14-10(2,3)13-8/h5,8-9H,1,6H2,2-4H3. The zero-order chi connectivity index (χ0) is 10.6. The number of carbonyl (C=O) groups excluding carboxylic acids is 1. The lowest BCUT2D eigenvalue weighted by molar-refractivity contribution is -0.166. The molecule has 3 nitrogen and oxygen atoms in total. The van der Waals surface area contributed by atoms with Crippen molar-refractivity contribution in [3.63, 3.8) is 0 Å². The highest BCUT2D eigenvalue weighted by Gasteiger charge is 2.58. The maximum atomic E-state index is 11.7. The molecule has 2 rings (SSSR count). The summed E-state index contributed by atoms with van der Waals surface area (Å²) in [4.78, 5) is 11.7. The van der Waals surface area contributed by atoms with Crippen LogP contribution in [0, 0.1) is 5.41 Å². The second-order valence-electron chi connectivity index (χ2n) is 4.83. The SMILES string of the molecule is C=CC1(C)CC(=O)C2OC(C)(C)OC21. The van der Waals surface area contributed by atoms with Gasteiger partial charge in [-0.1, -0.05) is 13.0 Å². The first kappa shape index (κ1) is 9.87. The fraction of sp³-hybridized carbons (Fsp3) is 0.727. The third-order valence-corrected chi connectivity index (χ3v) is 3.09. The van der Waals surface area contributed by atoms with Gasteiger partial charge in [-0.15, -0.1) is 6.58 Å². The lowest BCUT2D eigenvalue weighted by atomic mass is 9.86. The van der Waals surface area contributed by atoms with Crippen molar-refractivity contribution >= 4 is 5.78 Å². The first-order chi connectivity index (χ1) is 6.38. The van der Waals surface area contributed by atoms with Crippen LogP contribution < -0.4 is 0 Å². The Bertz CT molecular complexity index is 295. The molecule has 1 aliphatic heterocycles. The zero-order valence-corrected chi connectivity index (χ0v) is 8.87. The van der Waals surface area contributed by atoms with Crippen LogP contribution in [0.3, 0.4) is 0 Å². The molecule has 1 aliphatic carbocycles. The minimum atomic E-state index is -0.643. The normalized spacial score (nSPS) is 45.2. The van der Waals surface area contributed by atoms with Crippen LogP contribution >= 0.6 is 0 Å². The van der Waals surface area contributed by atoms with Gasteiger partial charge >= 0.3 is 0 Å².